The van der Waals surface area contributed by atoms with Crippen molar-refractivity contribution in [2.45, 2.75) is 110 Å². The van der Waals surface area contributed by atoms with Gasteiger partial charge < -0.3 is 30.2 Å². The van der Waals surface area contributed by atoms with Crippen molar-refractivity contribution in [3.05, 3.63) is 65.2 Å². The second kappa shape index (κ2) is 15.5. The summed E-state index contributed by atoms with van der Waals surface area (Å²) < 4.78 is 23.1. The molecule has 0 unspecified atom stereocenters. The third-order valence-corrected chi connectivity index (χ3v) is 12.5. The number of aromatic nitrogens is 3. The smallest absolute Gasteiger partial charge is 0.310 e. The van der Waals surface area contributed by atoms with E-state index in [0.29, 0.717) is 47.3 Å². The molecule has 3 aliphatic heterocycles. The molecule has 1 atom stereocenters. The van der Waals surface area contributed by atoms with Crippen LogP contribution < -0.4 is 20.9 Å². The van der Waals surface area contributed by atoms with Crippen LogP contribution >= 0.6 is 0 Å². The zero-order valence-electron chi connectivity index (χ0n) is 34.0. The number of halogens is 1. The summed E-state index contributed by atoms with van der Waals surface area (Å²) in [7, 11) is 0. The van der Waals surface area contributed by atoms with E-state index in [9.17, 15) is 14.4 Å². The number of carbonyl (C=O) groups is 3. The topological polar surface area (TPSA) is 134 Å². The molecule has 2 aromatic carbocycles. The summed E-state index contributed by atoms with van der Waals surface area (Å²) in [6, 6.07) is 11.5. The van der Waals surface area contributed by atoms with Gasteiger partial charge in [0.15, 0.2) is 5.82 Å². The Morgan fingerprint density at radius 1 is 1.07 bits per heavy atom. The van der Waals surface area contributed by atoms with E-state index in [2.05, 4.69) is 51.7 Å². The number of rotatable bonds is 10. The Labute approximate surface area is 333 Å². The molecule has 13 heteroatoms. The molecule has 5 heterocycles. The molecule has 4 aromatic rings. The van der Waals surface area contributed by atoms with Crippen LogP contribution in [0.1, 0.15) is 101 Å². The lowest BCUT2D eigenvalue weighted by atomic mass is 9.74. The molecule has 302 valence electrons. The number of anilines is 3. The number of imidazole rings is 1. The Hall–Kier alpha value is -4.88. The minimum atomic E-state index is -0.576. The molecule has 57 heavy (non-hydrogen) atoms. The van der Waals surface area contributed by atoms with E-state index >= 15 is 4.39 Å². The van der Waals surface area contributed by atoms with Crippen molar-refractivity contribution in [1.82, 2.24) is 30.1 Å². The predicted molar refractivity (Wildman–Crippen MR) is 219 cm³/mol. The highest BCUT2D eigenvalue weighted by Crippen LogP contribution is 2.51. The van der Waals surface area contributed by atoms with Crippen LogP contribution in [0, 0.1) is 18.7 Å². The van der Waals surface area contributed by atoms with E-state index in [1.54, 1.807) is 19.3 Å². The monoisotopic (exact) mass is 778 g/mol. The maximum atomic E-state index is 15.7. The molecule has 1 aliphatic carbocycles. The summed E-state index contributed by atoms with van der Waals surface area (Å²) in [4.78, 5) is 54.8. The molecule has 2 saturated heterocycles. The van der Waals surface area contributed by atoms with Gasteiger partial charge in [0, 0.05) is 47.5 Å². The zero-order chi connectivity index (χ0) is 40.2. The van der Waals surface area contributed by atoms with Gasteiger partial charge >= 0.3 is 5.97 Å². The van der Waals surface area contributed by atoms with Crippen molar-refractivity contribution >= 4 is 46.0 Å². The first-order valence-corrected chi connectivity index (χ1v) is 20.7. The van der Waals surface area contributed by atoms with Crippen molar-refractivity contribution in [2.24, 2.45) is 5.92 Å². The van der Waals surface area contributed by atoms with E-state index < -0.39 is 11.2 Å². The first kappa shape index (κ1) is 39.0. The van der Waals surface area contributed by atoms with Gasteiger partial charge in [-0.1, -0.05) is 12.1 Å². The quantitative estimate of drug-likeness (QED) is 0.149. The van der Waals surface area contributed by atoms with Gasteiger partial charge in [-0.25, -0.2) is 14.4 Å². The number of likely N-dealkylation sites (tertiary alicyclic amines) is 1. The van der Waals surface area contributed by atoms with Crippen molar-refractivity contribution in [1.29, 1.82) is 0 Å². The van der Waals surface area contributed by atoms with Gasteiger partial charge in [-0.2, -0.15) is 0 Å². The summed E-state index contributed by atoms with van der Waals surface area (Å²) in [6.07, 6.45) is 6.77. The molecule has 2 aromatic heterocycles. The summed E-state index contributed by atoms with van der Waals surface area (Å²) in [5.74, 6) is -0.384. The van der Waals surface area contributed by atoms with Crippen LogP contribution in [0.2, 0.25) is 0 Å². The molecule has 3 fully saturated rings. The van der Waals surface area contributed by atoms with Gasteiger partial charge in [-0.3, -0.25) is 19.3 Å². The third-order valence-electron chi connectivity index (χ3n) is 12.5. The molecule has 4 aliphatic rings. The number of ether oxygens (including phenoxy) is 1. The van der Waals surface area contributed by atoms with Gasteiger partial charge in [0.25, 0.3) is 5.91 Å². The fourth-order valence-electron chi connectivity index (χ4n) is 9.48. The molecular formula is C44H55FN8O4. The molecule has 8 rings (SSSR count). The van der Waals surface area contributed by atoms with Crippen LogP contribution in [0.15, 0.2) is 42.7 Å². The van der Waals surface area contributed by atoms with Crippen molar-refractivity contribution < 1.29 is 23.5 Å². The van der Waals surface area contributed by atoms with Crippen LogP contribution in [0.25, 0.3) is 22.3 Å². The molecule has 3 N–H and O–H groups in total. The number of benzene rings is 2. The van der Waals surface area contributed by atoms with Gasteiger partial charge in [0.05, 0.1) is 41.2 Å². The number of amides is 2. The number of pyridine rings is 1. The Bertz CT molecular complexity index is 2210. The second-order valence-corrected chi connectivity index (χ2v) is 17.0. The number of nitrogens with zero attached hydrogens (tertiary/aromatic N) is 5. The molecule has 0 radical (unpaired) electrons. The van der Waals surface area contributed by atoms with Crippen LogP contribution in [-0.2, 0) is 19.7 Å². The number of fused-ring (bicyclic) bond motifs is 3. The van der Waals surface area contributed by atoms with Gasteiger partial charge in [0.1, 0.15) is 11.3 Å². The highest BCUT2D eigenvalue weighted by atomic mass is 19.1. The van der Waals surface area contributed by atoms with Crippen molar-refractivity contribution in [3.63, 3.8) is 0 Å². The van der Waals surface area contributed by atoms with E-state index in [1.807, 2.05) is 37.5 Å². The minimum absolute atomic E-state index is 0.0477. The molecule has 12 nitrogen and oxygen atoms in total. The lowest BCUT2D eigenvalue weighted by Crippen LogP contribution is -2.59. The van der Waals surface area contributed by atoms with Crippen LogP contribution in [0.4, 0.5) is 21.6 Å². The first-order valence-electron chi connectivity index (χ1n) is 20.7. The second-order valence-electron chi connectivity index (χ2n) is 17.0. The number of esters is 1. The van der Waals surface area contributed by atoms with Gasteiger partial charge in [-0.15, -0.1) is 0 Å². The number of nitrogens with one attached hydrogen (secondary N) is 3. The normalized spacial score (nSPS) is 21.9. The molecular weight excluding hydrogens is 724 g/mol. The van der Waals surface area contributed by atoms with Gasteiger partial charge in [-0.05, 0) is 135 Å². The number of piperidine rings is 2. The Morgan fingerprint density at radius 2 is 1.84 bits per heavy atom. The average molecular weight is 779 g/mol. The third kappa shape index (κ3) is 7.07. The Morgan fingerprint density at radius 3 is 2.56 bits per heavy atom. The highest BCUT2D eigenvalue weighted by Gasteiger charge is 2.55. The van der Waals surface area contributed by atoms with Crippen LogP contribution in [0.3, 0.4) is 0 Å². The van der Waals surface area contributed by atoms with Crippen LogP contribution in [-0.4, -0.2) is 88.1 Å². The van der Waals surface area contributed by atoms with E-state index in [0.717, 1.165) is 80.5 Å². The number of aryl methyl sites for hydroxylation is 1. The van der Waals surface area contributed by atoms with Crippen LogP contribution in [0.5, 0.6) is 0 Å². The lowest BCUT2D eigenvalue weighted by Gasteiger charge is -2.49. The van der Waals surface area contributed by atoms with E-state index in [4.69, 9.17) is 14.7 Å². The predicted octanol–water partition coefficient (Wildman–Crippen LogP) is 6.78. The summed E-state index contributed by atoms with van der Waals surface area (Å²) in [5.41, 5.74) is 5.34. The molecule has 2 amide bonds. The number of hydrogen-bond donors (Lipinski definition) is 3. The maximum absolute atomic E-state index is 15.7. The Kier molecular flexibility index (Phi) is 10.6. The fourth-order valence-corrected chi connectivity index (χ4v) is 9.48. The Balaban J connectivity index is 1.15. The summed E-state index contributed by atoms with van der Waals surface area (Å²) in [6.45, 7) is 15.1. The van der Waals surface area contributed by atoms with Gasteiger partial charge in [0.2, 0.25) is 5.91 Å². The standard InChI is InChI=1S/C44H55FN8O4/c1-7-57-42(55)29-9-8-16-51(23-29)30-19-31(20-30)53-38-18-28(10-11-33(38)44(43(53)56)12-14-46-15-13-44)35-22-37-39(52(24-47-37)26(4)5)40(49-35)50-36-21-32(27(6)17-34(36)45)41(54)48-25(2)3/h10-11,17-18,21-22,24-26,29-31,46H,7-9,12-16,19-20,23H2,1-6H3,(H,48,54)(H,49,50)/t29-,30?,31?/m1/s1. The van der Waals surface area contributed by atoms with Crippen molar-refractivity contribution in [2.75, 3.05) is 43.0 Å². The molecule has 1 spiro atoms. The number of hydrogen-bond acceptors (Lipinski definition) is 9. The largest absolute Gasteiger partial charge is 0.466 e. The van der Waals surface area contributed by atoms with Crippen molar-refractivity contribution in [3.8, 4) is 11.3 Å². The van der Waals surface area contributed by atoms with E-state index in [1.165, 1.54) is 6.07 Å². The zero-order valence-corrected chi connectivity index (χ0v) is 34.0. The number of carbonyl (C=O) groups excluding carboxylic acids is 3. The summed E-state index contributed by atoms with van der Waals surface area (Å²) >= 11 is 0. The first-order chi connectivity index (χ1) is 27.4. The fraction of sp³-hybridized carbons (Fsp3) is 0.523. The maximum Gasteiger partial charge on any atom is 0.310 e. The SMILES string of the molecule is CCOC(=O)[C@@H]1CCCN(C2CC(N3C(=O)C4(CCNCC4)c4ccc(-c5cc6ncn(C(C)C)c6c(Nc6cc(C(=O)NC(C)C)c(C)cc6F)n5)cc43)C2)C1. The minimum Gasteiger partial charge on any atom is -0.466 e. The highest BCUT2D eigenvalue weighted by molar-refractivity contribution is 6.09. The summed E-state index contributed by atoms with van der Waals surface area (Å²) in [5, 5.41) is 9.63. The average Bonchev–Trinajstić information content (AvgIpc) is 3.70. The lowest BCUT2D eigenvalue weighted by molar-refractivity contribution is -0.150. The molecule has 1 saturated carbocycles. The van der Waals surface area contributed by atoms with E-state index in [-0.39, 0.29) is 47.5 Å². The molecule has 0 bridgehead atoms.